The molecule has 1 aromatic carbocycles. The van der Waals surface area contributed by atoms with E-state index in [1.165, 1.54) is 28.8 Å². The van der Waals surface area contributed by atoms with E-state index in [0.717, 1.165) is 0 Å². The third-order valence-corrected chi connectivity index (χ3v) is 5.07. The number of primary amides is 1. The van der Waals surface area contributed by atoms with Gasteiger partial charge in [-0.2, -0.15) is 5.10 Å². The Bertz CT molecular complexity index is 1100. The Kier molecular flexibility index (Phi) is 5.84. The molecule has 1 saturated heterocycles. The van der Waals surface area contributed by atoms with Crippen molar-refractivity contribution in [2.45, 2.75) is 12.5 Å². The zero-order chi connectivity index (χ0) is 22.0. The Morgan fingerprint density at radius 3 is 2.67 bits per heavy atom. The first-order valence-corrected chi connectivity index (χ1v) is 9.30. The highest BCUT2D eigenvalue weighted by atomic mass is 35.5. The molecule has 2 heterocycles. The summed E-state index contributed by atoms with van der Waals surface area (Å²) in [5.41, 5.74) is 12.3. The van der Waals surface area contributed by atoms with Crippen LogP contribution in [0.4, 0.5) is 10.6 Å². The third kappa shape index (κ3) is 4.01. The van der Waals surface area contributed by atoms with Gasteiger partial charge in [0.1, 0.15) is 11.4 Å². The summed E-state index contributed by atoms with van der Waals surface area (Å²) in [5.74, 6) is 4.46. The predicted octanol–water partition coefficient (Wildman–Crippen LogP) is 0.902. The Morgan fingerprint density at radius 2 is 2.07 bits per heavy atom. The number of nitrogen functional groups attached to an aromatic ring is 1. The van der Waals surface area contributed by atoms with Crippen LogP contribution >= 0.6 is 11.6 Å². The summed E-state index contributed by atoms with van der Waals surface area (Å²) in [4.78, 5) is 36.2. The summed E-state index contributed by atoms with van der Waals surface area (Å²) < 4.78 is 1.38. The number of nitrogens with one attached hydrogen (secondary N) is 1. The number of rotatable bonds is 3. The minimum absolute atomic E-state index is 0.0225. The minimum Gasteiger partial charge on any atom is -0.465 e. The van der Waals surface area contributed by atoms with E-state index < -0.39 is 12.0 Å². The van der Waals surface area contributed by atoms with E-state index in [1.807, 2.05) is 0 Å². The molecule has 6 N–H and O–H groups in total. The second-order valence-electron chi connectivity index (χ2n) is 6.61. The molecule has 0 saturated carbocycles. The smallest absolute Gasteiger partial charge is 0.407 e. The van der Waals surface area contributed by atoms with Crippen LogP contribution in [-0.2, 0) is 0 Å². The van der Waals surface area contributed by atoms with Crippen molar-refractivity contribution in [3.8, 4) is 11.8 Å². The normalized spacial score (nSPS) is 15.4. The molecule has 1 aliphatic heterocycles. The van der Waals surface area contributed by atoms with Gasteiger partial charge in [-0.15, -0.1) is 0 Å². The number of anilines is 1. The van der Waals surface area contributed by atoms with Gasteiger partial charge in [0.2, 0.25) is 0 Å². The number of carbonyl (C=O) groups is 3. The Hall–Kier alpha value is -3.71. The van der Waals surface area contributed by atoms with Gasteiger partial charge in [-0.05, 0) is 30.5 Å². The molecule has 30 heavy (non-hydrogen) atoms. The van der Waals surface area contributed by atoms with E-state index in [9.17, 15) is 14.4 Å². The second-order valence-corrected chi connectivity index (χ2v) is 7.02. The summed E-state index contributed by atoms with van der Waals surface area (Å²) in [6, 6.07) is 4.27. The maximum atomic E-state index is 11.9. The van der Waals surface area contributed by atoms with E-state index in [1.54, 1.807) is 6.07 Å². The van der Waals surface area contributed by atoms with Crippen molar-refractivity contribution in [2.24, 2.45) is 5.73 Å². The van der Waals surface area contributed by atoms with Gasteiger partial charge in [-0.1, -0.05) is 17.5 Å². The van der Waals surface area contributed by atoms with Crippen molar-refractivity contribution in [1.82, 2.24) is 20.0 Å². The summed E-state index contributed by atoms with van der Waals surface area (Å²) in [5, 5.41) is 16.3. The molecule has 156 valence electrons. The SMILES string of the molecule is CNC(=O)c1ccc(Cl)c(C#Cc2nn(C3CCN(C(=O)O)C3)c(N)c2C(N)=O)c1. The van der Waals surface area contributed by atoms with Gasteiger partial charge in [0.15, 0.2) is 5.69 Å². The van der Waals surface area contributed by atoms with Gasteiger partial charge in [-0.25, -0.2) is 9.48 Å². The van der Waals surface area contributed by atoms with Crippen LogP contribution in [0.15, 0.2) is 18.2 Å². The van der Waals surface area contributed by atoms with Crippen LogP contribution in [0, 0.1) is 11.8 Å². The number of hydrogen-bond acceptors (Lipinski definition) is 5. The molecule has 1 aromatic heterocycles. The molecule has 3 rings (SSSR count). The standard InChI is InChI=1S/C19H19ClN6O4/c1-23-18(28)11-2-4-13(20)10(8-11)3-5-14-15(17(22)27)16(21)26(24-14)12-6-7-25(9-12)19(29)30/h2,4,8,12H,6-7,9,21H2,1H3,(H2,22,27)(H,23,28)(H,29,30). The highest BCUT2D eigenvalue weighted by molar-refractivity contribution is 6.31. The number of halogens is 1. The Balaban J connectivity index is 2.00. The first-order chi connectivity index (χ1) is 14.2. The molecular formula is C19H19ClN6O4. The lowest BCUT2D eigenvalue weighted by Gasteiger charge is -2.13. The quantitative estimate of drug-likeness (QED) is 0.530. The van der Waals surface area contributed by atoms with Gasteiger partial charge < -0.3 is 26.8 Å². The molecule has 0 bridgehead atoms. The van der Waals surface area contributed by atoms with Crippen LogP contribution in [0.25, 0.3) is 0 Å². The maximum absolute atomic E-state index is 11.9. The predicted molar refractivity (Wildman–Crippen MR) is 109 cm³/mol. The molecule has 0 aliphatic carbocycles. The van der Waals surface area contributed by atoms with Crippen LogP contribution in [0.3, 0.4) is 0 Å². The van der Waals surface area contributed by atoms with Gasteiger partial charge >= 0.3 is 6.09 Å². The monoisotopic (exact) mass is 430 g/mol. The average molecular weight is 431 g/mol. The number of nitrogens with zero attached hydrogens (tertiary/aromatic N) is 3. The van der Waals surface area contributed by atoms with E-state index in [0.29, 0.717) is 29.1 Å². The van der Waals surface area contributed by atoms with E-state index >= 15 is 0 Å². The summed E-state index contributed by atoms with van der Waals surface area (Å²) >= 11 is 6.16. The van der Waals surface area contributed by atoms with Gasteiger partial charge in [0, 0.05) is 31.3 Å². The molecule has 1 unspecified atom stereocenters. The zero-order valence-corrected chi connectivity index (χ0v) is 16.7. The lowest BCUT2D eigenvalue weighted by molar-refractivity contribution is 0.0961. The minimum atomic E-state index is -1.04. The van der Waals surface area contributed by atoms with Crippen LogP contribution in [0.5, 0.6) is 0 Å². The number of hydrogen-bond donors (Lipinski definition) is 4. The molecule has 2 aromatic rings. The number of aromatic nitrogens is 2. The highest BCUT2D eigenvalue weighted by Gasteiger charge is 2.31. The van der Waals surface area contributed by atoms with Crippen LogP contribution in [0.2, 0.25) is 5.02 Å². The number of nitrogens with two attached hydrogens (primary N) is 2. The lowest BCUT2D eigenvalue weighted by atomic mass is 10.1. The molecular weight excluding hydrogens is 412 g/mol. The van der Waals surface area contributed by atoms with E-state index in [2.05, 4.69) is 22.3 Å². The fourth-order valence-electron chi connectivity index (χ4n) is 3.20. The number of benzene rings is 1. The highest BCUT2D eigenvalue weighted by Crippen LogP contribution is 2.27. The van der Waals surface area contributed by atoms with Crippen molar-refractivity contribution in [3.63, 3.8) is 0 Å². The number of carbonyl (C=O) groups excluding carboxylic acids is 2. The van der Waals surface area contributed by atoms with Crippen molar-refractivity contribution in [3.05, 3.63) is 45.6 Å². The summed E-state index contributed by atoms with van der Waals surface area (Å²) in [7, 11) is 1.51. The first kappa shape index (κ1) is 21.0. The molecule has 11 heteroatoms. The topological polar surface area (TPSA) is 157 Å². The zero-order valence-electron chi connectivity index (χ0n) is 16.0. The van der Waals surface area contributed by atoms with Gasteiger partial charge in [0.25, 0.3) is 11.8 Å². The van der Waals surface area contributed by atoms with Gasteiger partial charge in [-0.3, -0.25) is 9.59 Å². The maximum Gasteiger partial charge on any atom is 0.407 e. The number of likely N-dealkylation sites (tertiary alicyclic amines) is 1. The first-order valence-electron chi connectivity index (χ1n) is 8.92. The molecule has 1 aliphatic rings. The van der Waals surface area contributed by atoms with Crippen LogP contribution in [0.1, 0.15) is 44.4 Å². The van der Waals surface area contributed by atoms with Gasteiger partial charge in [0.05, 0.1) is 11.1 Å². The van der Waals surface area contributed by atoms with Crippen molar-refractivity contribution < 1.29 is 19.5 Å². The third-order valence-electron chi connectivity index (χ3n) is 4.74. The lowest BCUT2D eigenvalue weighted by Crippen LogP contribution is -2.27. The summed E-state index contributed by atoms with van der Waals surface area (Å²) in [6.45, 7) is 0.514. The molecule has 10 nitrogen and oxygen atoms in total. The molecule has 1 fully saturated rings. The van der Waals surface area contributed by atoms with Crippen molar-refractivity contribution in [1.29, 1.82) is 0 Å². The van der Waals surface area contributed by atoms with Crippen LogP contribution in [-0.4, -0.2) is 57.8 Å². The van der Waals surface area contributed by atoms with E-state index in [4.69, 9.17) is 28.2 Å². The number of carboxylic acid groups (broad SMARTS) is 1. The molecule has 3 amide bonds. The Morgan fingerprint density at radius 1 is 1.33 bits per heavy atom. The van der Waals surface area contributed by atoms with E-state index in [-0.39, 0.29) is 35.6 Å². The largest absolute Gasteiger partial charge is 0.465 e. The fraction of sp³-hybridized carbons (Fsp3) is 0.263. The number of amides is 3. The summed E-state index contributed by atoms with van der Waals surface area (Å²) in [6.07, 6.45) is -0.549. The molecule has 1 atom stereocenters. The Labute approximate surface area is 176 Å². The second kappa shape index (κ2) is 8.34. The van der Waals surface area contributed by atoms with Crippen molar-refractivity contribution in [2.75, 3.05) is 25.9 Å². The molecule has 0 spiro atoms. The van der Waals surface area contributed by atoms with Crippen molar-refractivity contribution >= 4 is 35.3 Å². The van der Waals surface area contributed by atoms with Crippen LogP contribution < -0.4 is 16.8 Å². The fourth-order valence-corrected chi connectivity index (χ4v) is 3.37. The molecule has 0 radical (unpaired) electrons. The average Bonchev–Trinajstić information content (AvgIpc) is 3.31.